The van der Waals surface area contributed by atoms with Crippen molar-refractivity contribution in [2.75, 3.05) is 0 Å². The monoisotopic (exact) mass is 303 g/mol. The largest absolute Gasteiger partial charge is 0.334 e. The third-order valence-corrected chi connectivity index (χ3v) is 4.16. The fourth-order valence-electron chi connectivity index (χ4n) is 2.58. The number of rotatable bonds is 5. The van der Waals surface area contributed by atoms with Crippen molar-refractivity contribution < 1.29 is 4.79 Å². The minimum atomic E-state index is 0.0961. The summed E-state index contributed by atoms with van der Waals surface area (Å²) >= 11 is 0. The molecule has 0 aliphatic heterocycles. The van der Waals surface area contributed by atoms with E-state index in [-0.39, 0.29) is 11.9 Å². The van der Waals surface area contributed by atoms with Crippen LogP contribution >= 0.6 is 0 Å². The minimum Gasteiger partial charge on any atom is -0.334 e. The number of imidazole rings is 1. The Balaban J connectivity index is 2.19. The number of carbonyl (C=O) groups is 1. The second-order valence-corrected chi connectivity index (χ2v) is 5.99. The first-order valence-corrected chi connectivity index (χ1v) is 7.57. The first-order valence-electron chi connectivity index (χ1n) is 7.57. The van der Waals surface area contributed by atoms with Crippen molar-refractivity contribution in [2.24, 2.45) is 7.05 Å². The summed E-state index contributed by atoms with van der Waals surface area (Å²) < 4.78 is 3.74. The zero-order chi connectivity index (χ0) is 16.4. The van der Waals surface area contributed by atoms with Gasteiger partial charge in [0.2, 0.25) is 5.91 Å². The molecule has 0 spiro atoms. The van der Waals surface area contributed by atoms with Gasteiger partial charge in [-0.2, -0.15) is 5.10 Å². The van der Waals surface area contributed by atoms with Gasteiger partial charge >= 0.3 is 0 Å². The maximum atomic E-state index is 12.7. The van der Waals surface area contributed by atoms with Gasteiger partial charge in [0.1, 0.15) is 12.4 Å². The fourth-order valence-corrected chi connectivity index (χ4v) is 2.58. The first kappa shape index (κ1) is 16.3. The number of carbonyl (C=O) groups excluding carboxylic acids is 1. The number of hydrogen-bond donors (Lipinski definition) is 0. The van der Waals surface area contributed by atoms with Crippen molar-refractivity contribution in [1.82, 2.24) is 24.2 Å². The third kappa shape index (κ3) is 3.21. The molecule has 0 bridgehead atoms. The van der Waals surface area contributed by atoms with Gasteiger partial charge in [0, 0.05) is 43.3 Å². The fraction of sp³-hybridized carbons (Fsp3) is 0.562. The molecular formula is C16H25N5O. The van der Waals surface area contributed by atoms with Crippen molar-refractivity contribution in [1.29, 1.82) is 0 Å². The van der Waals surface area contributed by atoms with Crippen LogP contribution in [0.2, 0.25) is 0 Å². The average Bonchev–Trinajstić information content (AvgIpc) is 2.93. The summed E-state index contributed by atoms with van der Waals surface area (Å²) in [6.07, 6.45) is 3.56. The van der Waals surface area contributed by atoms with Gasteiger partial charge in [-0.3, -0.25) is 9.48 Å². The van der Waals surface area contributed by atoms with Crippen LogP contribution in [0.4, 0.5) is 0 Å². The van der Waals surface area contributed by atoms with E-state index in [0.29, 0.717) is 13.1 Å². The molecule has 0 radical (unpaired) electrons. The number of aryl methyl sites for hydroxylation is 3. The van der Waals surface area contributed by atoms with Gasteiger partial charge in [-0.25, -0.2) is 4.98 Å². The predicted molar refractivity (Wildman–Crippen MR) is 85.3 cm³/mol. The molecule has 2 rings (SSSR count). The Morgan fingerprint density at radius 1 is 1.32 bits per heavy atom. The second kappa shape index (κ2) is 6.34. The van der Waals surface area contributed by atoms with E-state index in [1.807, 2.05) is 62.0 Å². The van der Waals surface area contributed by atoms with Gasteiger partial charge in [0.25, 0.3) is 0 Å². The van der Waals surface area contributed by atoms with Crippen LogP contribution in [0.25, 0.3) is 0 Å². The van der Waals surface area contributed by atoms with Crippen LogP contribution in [0.1, 0.15) is 36.6 Å². The highest BCUT2D eigenvalue weighted by Gasteiger charge is 2.21. The molecule has 22 heavy (non-hydrogen) atoms. The Hall–Kier alpha value is -2.11. The molecule has 0 saturated carbocycles. The minimum absolute atomic E-state index is 0.0961. The standard InChI is InChI=1S/C16H25N5O/c1-11(2)21(9-15-12(3)18-19(6)13(15)4)16(22)10-20-8-7-17-14(20)5/h7-8,11H,9-10H2,1-6H3. The van der Waals surface area contributed by atoms with Crippen molar-refractivity contribution in [2.45, 2.75) is 53.8 Å². The van der Waals surface area contributed by atoms with Gasteiger partial charge < -0.3 is 9.47 Å². The lowest BCUT2D eigenvalue weighted by Crippen LogP contribution is -2.38. The number of aromatic nitrogens is 4. The van der Waals surface area contributed by atoms with Crippen molar-refractivity contribution in [3.8, 4) is 0 Å². The summed E-state index contributed by atoms with van der Waals surface area (Å²) in [5, 5.41) is 4.44. The van der Waals surface area contributed by atoms with Crippen molar-refractivity contribution in [3.63, 3.8) is 0 Å². The van der Waals surface area contributed by atoms with E-state index >= 15 is 0 Å². The van der Waals surface area contributed by atoms with E-state index in [9.17, 15) is 4.79 Å². The average molecular weight is 303 g/mol. The molecule has 2 aromatic heterocycles. The smallest absolute Gasteiger partial charge is 0.243 e. The molecule has 2 aromatic rings. The normalized spacial score (nSPS) is 11.2. The number of amides is 1. The van der Waals surface area contributed by atoms with Gasteiger partial charge in [-0.15, -0.1) is 0 Å². The quantitative estimate of drug-likeness (QED) is 0.848. The van der Waals surface area contributed by atoms with Crippen LogP contribution < -0.4 is 0 Å². The van der Waals surface area contributed by atoms with Gasteiger partial charge in [0.15, 0.2) is 0 Å². The zero-order valence-corrected chi connectivity index (χ0v) is 14.3. The summed E-state index contributed by atoms with van der Waals surface area (Å²) in [6, 6.07) is 0.135. The van der Waals surface area contributed by atoms with E-state index in [2.05, 4.69) is 10.1 Å². The van der Waals surface area contributed by atoms with Crippen molar-refractivity contribution >= 4 is 5.91 Å². The number of nitrogens with zero attached hydrogens (tertiary/aromatic N) is 5. The molecule has 1 amide bonds. The maximum Gasteiger partial charge on any atom is 0.243 e. The Morgan fingerprint density at radius 3 is 2.45 bits per heavy atom. The Morgan fingerprint density at radius 2 is 2.00 bits per heavy atom. The lowest BCUT2D eigenvalue weighted by Gasteiger charge is -2.27. The topological polar surface area (TPSA) is 56.0 Å². The summed E-state index contributed by atoms with van der Waals surface area (Å²) in [4.78, 5) is 18.8. The van der Waals surface area contributed by atoms with E-state index in [4.69, 9.17) is 0 Å². The first-order chi connectivity index (χ1) is 10.3. The highest BCUT2D eigenvalue weighted by Crippen LogP contribution is 2.17. The van der Waals surface area contributed by atoms with Crippen LogP contribution in [0.3, 0.4) is 0 Å². The molecule has 6 heteroatoms. The summed E-state index contributed by atoms with van der Waals surface area (Å²) in [6.45, 7) is 10.9. The molecule has 0 N–H and O–H groups in total. The summed E-state index contributed by atoms with van der Waals surface area (Å²) in [7, 11) is 1.93. The van der Waals surface area contributed by atoms with E-state index < -0.39 is 0 Å². The van der Waals surface area contributed by atoms with E-state index in [1.165, 1.54) is 0 Å². The molecule has 0 saturated heterocycles. The lowest BCUT2D eigenvalue weighted by molar-refractivity contribution is -0.134. The third-order valence-electron chi connectivity index (χ3n) is 4.16. The van der Waals surface area contributed by atoms with E-state index in [0.717, 1.165) is 22.8 Å². The molecule has 6 nitrogen and oxygen atoms in total. The highest BCUT2D eigenvalue weighted by atomic mass is 16.2. The maximum absolute atomic E-state index is 12.7. The van der Waals surface area contributed by atoms with Crippen molar-refractivity contribution in [3.05, 3.63) is 35.2 Å². The lowest BCUT2D eigenvalue weighted by atomic mass is 10.1. The molecule has 0 fully saturated rings. The molecule has 0 aliphatic rings. The van der Waals surface area contributed by atoms with E-state index in [1.54, 1.807) is 6.20 Å². The highest BCUT2D eigenvalue weighted by molar-refractivity contribution is 5.76. The summed E-state index contributed by atoms with van der Waals surface area (Å²) in [5.41, 5.74) is 3.22. The van der Waals surface area contributed by atoms with Crippen LogP contribution in [0.15, 0.2) is 12.4 Å². The Labute approximate surface area is 131 Å². The Bertz CT molecular complexity index is 668. The predicted octanol–water partition coefficient (Wildman–Crippen LogP) is 1.98. The molecule has 120 valence electrons. The van der Waals surface area contributed by atoms with Crippen LogP contribution in [-0.4, -0.2) is 36.2 Å². The van der Waals surface area contributed by atoms with Crippen LogP contribution in [0, 0.1) is 20.8 Å². The number of hydrogen-bond acceptors (Lipinski definition) is 3. The molecule has 0 unspecified atom stereocenters. The summed E-state index contributed by atoms with van der Waals surface area (Å²) in [5.74, 6) is 0.949. The van der Waals surface area contributed by atoms with Crippen LogP contribution in [0.5, 0.6) is 0 Å². The molecule has 0 aliphatic carbocycles. The van der Waals surface area contributed by atoms with Gasteiger partial charge in [0.05, 0.1) is 5.69 Å². The zero-order valence-electron chi connectivity index (χ0n) is 14.3. The van der Waals surface area contributed by atoms with Gasteiger partial charge in [-0.05, 0) is 34.6 Å². The SMILES string of the molecule is Cc1nn(C)c(C)c1CN(C(=O)Cn1ccnc1C)C(C)C. The van der Waals surface area contributed by atoms with Gasteiger partial charge in [-0.1, -0.05) is 0 Å². The molecular weight excluding hydrogens is 278 g/mol. The second-order valence-electron chi connectivity index (χ2n) is 5.99. The molecule has 0 aromatic carbocycles. The van der Waals surface area contributed by atoms with Crippen LogP contribution in [-0.2, 0) is 24.9 Å². The molecule has 0 atom stereocenters. The Kier molecular flexibility index (Phi) is 4.68. The molecule has 2 heterocycles.